The molecule has 1 aromatic heterocycles. The Balaban J connectivity index is 0.00000364. The highest BCUT2D eigenvalue weighted by Crippen LogP contribution is 2.20. The zero-order chi connectivity index (χ0) is 18.5. The lowest BCUT2D eigenvalue weighted by atomic mass is 9.98. The first-order valence-corrected chi connectivity index (χ1v) is 9.75. The van der Waals surface area contributed by atoms with E-state index in [9.17, 15) is 4.79 Å². The molecule has 0 saturated heterocycles. The summed E-state index contributed by atoms with van der Waals surface area (Å²) in [5.74, 6) is 0.875. The first kappa shape index (κ1) is 23.7. The van der Waals surface area contributed by atoms with E-state index in [4.69, 9.17) is 9.15 Å². The lowest BCUT2D eigenvalue weighted by molar-refractivity contribution is 0.0281. The van der Waals surface area contributed by atoms with Gasteiger partial charge in [-0.25, -0.2) is 0 Å². The molecule has 8 heteroatoms. The van der Waals surface area contributed by atoms with Crippen molar-refractivity contribution in [1.82, 2.24) is 16.0 Å². The molecule has 0 bridgehead atoms. The second-order valence-electron chi connectivity index (χ2n) is 6.40. The summed E-state index contributed by atoms with van der Waals surface area (Å²) < 4.78 is 11.0. The van der Waals surface area contributed by atoms with Crippen LogP contribution in [0, 0.1) is 0 Å². The highest BCUT2D eigenvalue weighted by Gasteiger charge is 2.13. The Morgan fingerprint density at radius 1 is 1.22 bits per heavy atom. The second kappa shape index (κ2) is 14.7. The molecule has 0 aliphatic heterocycles. The van der Waals surface area contributed by atoms with Gasteiger partial charge in [0.2, 0.25) is 0 Å². The van der Waals surface area contributed by atoms with Crippen LogP contribution >= 0.6 is 24.0 Å². The molecule has 0 aromatic carbocycles. The largest absolute Gasteiger partial charge is 0.459 e. The molecule has 154 valence electrons. The summed E-state index contributed by atoms with van der Waals surface area (Å²) in [6.45, 7) is 5.41. The molecule has 2 rings (SSSR count). The minimum Gasteiger partial charge on any atom is -0.459 e. The number of nitrogens with one attached hydrogen (secondary N) is 3. The van der Waals surface area contributed by atoms with E-state index in [0.29, 0.717) is 25.0 Å². The number of aliphatic imine (C=N–C) groups is 1. The molecule has 1 aliphatic rings. The summed E-state index contributed by atoms with van der Waals surface area (Å²) in [4.78, 5) is 16.3. The van der Waals surface area contributed by atoms with Gasteiger partial charge in [-0.05, 0) is 38.3 Å². The number of rotatable bonds is 10. The number of ether oxygens (including phenoxy) is 1. The van der Waals surface area contributed by atoms with Gasteiger partial charge >= 0.3 is 0 Å². The second-order valence-corrected chi connectivity index (χ2v) is 6.40. The van der Waals surface area contributed by atoms with Crippen LogP contribution in [0.4, 0.5) is 0 Å². The van der Waals surface area contributed by atoms with E-state index in [1.807, 2.05) is 6.92 Å². The van der Waals surface area contributed by atoms with Crippen molar-refractivity contribution in [2.24, 2.45) is 4.99 Å². The fourth-order valence-corrected chi connectivity index (χ4v) is 2.93. The molecule has 0 radical (unpaired) electrons. The average molecular weight is 492 g/mol. The lowest BCUT2D eigenvalue weighted by Crippen LogP contribution is -2.41. The number of hydrogen-bond donors (Lipinski definition) is 3. The smallest absolute Gasteiger partial charge is 0.287 e. The van der Waals surface area contributed by atoms with Crippen molar-refractivity contribution in [3.05, 3.63) is 24.2 Å². The molecule has 1 amide bonds. The number of carbonyl (C=O) groups excluding carboxylic acids is 1. The quantitative estimate of drug-likeness (QED) is 0.202. The maximum atomic E-state index is 11.8. The van der Waals surface area contributed by atoms with Gasteiger partial charge in [-0.2, -0.15) is 0 Å². The maximum absolute atomic E-state index is 11.8. The summed E-state index contributed by atoms with van der Waals surface area (Å²) in [5.41, 5.74) is 0. The summed E-state index contributed by atoms with van der Waals surface area (Å²) in [6, 6.07) is 3.34. The molecular weight excluding hydrogens is 459 g/mol. The van der Waals surface area contributed by atoms with Crippen molar-refractivity contribution in [1.29, 1.82) is 0 Å². The van der Waals surface area contributed by atoms with Crippen LogP contribution in [-0.4, -0.2) is 50.8 Å². The summed E-state index contributed by atoms with van der Waals surface area (Å²) in [7, 11) is 0. The Kier molecular flexibility index (Phi) is 13.0. The van der Waals surface area contributed by atoms with Crippen LogP contribution in [0.3, 0.4) is 0 Å². The maximum Gasteiger partial charge on any atom is 0.287 e. The average Bonchev–Trinajstić information content (AvgIpc) is 3.20. The molecule has 0 atom stereocenters. The third-order valence-electron chi connectivity index (χ3n) is 4.27. The highest BCUT2D eigenvalue weighted by atomic mass is 127. The third kappa shape index (κ3) is 9.99. The van der Waals surface area contributed by atoms with Crippen LogP contribution in [0.2, 0.25) is 0 Å². The van der Waals surface area contributed by atoms with Crippen LogP contribution in [0.1, 0.15) is 56.0 Å². The Morgan fingerprint density at radius 3 is 2.70 bits per heavy atom. The number of hydrogen-bond acceptors (Lipinski definition) is 4. The number of guanidine groups is 1. The van der Waals surface area contributed by atoms with E-state index in [-0.39, 0.29) is 29.9 Å². The van der Waals surface area contributed by atoms with Gasteiger partial charge in [0, 0.05) is 32.8 Å². The number of carbonyl (C=O) groups is 1. The normalized spacial score (nSPS) is 15.1. The summed E-state index contributed by atoms with van der Waals surface area (Å²) >= 11 is 0. The van der Waals surface area contributed by atoms with Gasteiger partial charge in [0.1, 0.15) is 0 Å². The zero-order valence-electron chi connectivity index (χ0n) is 16.2. The van der Waals surface area contributed by atoms with E-state index < -0.39 is 0 Å². The Labute approximate surface area is 179 Å². The monoisotopic (exact) mass is 492 g/mol. The first-order valence-electron chi connectivity index (χ1n) is 9.75. The summed E-state index contributed by atoms with van der Waals surface area (Å²) in [5, 5.41) is 9.22. The van der Waals surface area contributed by atoms with Gasteiger partial charge in [-0.3, -0.25) is 9.79 Å². The van der Waals surface area contributed by atoms with Gasteiger partial charge in [-0.1, -0.05) is 19.3 Å². The topological polar surface area (TPSA) is 87.9 Å². The molecule has 1 aliphatic carbocycles. The van der Waals surface area contributed by atoms with Crippen molar-refractivity contribution in [3.8, 4) is 0 Å². The predicted octanol–water partition coefficient (Wildman–Crippen LogP) is 2.92. The van der Waals surface area contributed by atoms with Gasteiger partial charge < -0.3 is 25.1 Å². The van der Waals surface area contributed by atoms with Crippen LogP contribution in [0.15, 0.2) is 27.8 Å². The van der Waals surface area contributed by atoms with E-state index in [2.05, 4.69) is 20.9 Å². The fraction of sp³-hybridized carbons (Fsp3) is 0.684. The zero-order valence-corrected chi connectivity index (χ0v) is 18.5. The standard InChI is InChI=1S/C19H32N4O3.HI/c1-2-20-19(22-11-7-15-25-16-8-4-3-5-9-16)23-13-12-21-18(24)17-10-6-14-26-17;/h6,10,14,16H,2-5,7-9,11-13,15H2,1H3,(H,21,24)(H2,20,22,23);1H. The Morgan fingerprint density at radius 2 is 2.00 bits per heavy atom. The van der Waals surface area contributed by atoms with Gasteiger partial charge in [0.25, 0.3) is 5.91 Å². The van der Waals surface area contributed by atoms with Crippen LogP contribution in [0.25, 0.3) is 0 Å². The van der Waals surface area contributed by atoms with Crippen molar-refractivity contribution in [2.45, 2.75) is 51.6 Å². The Bertz CT molecular complexity index is 531. The molecule has 3 N–H and O–H groups in total. The molecule has 7 nitrogen and oxygen atoms in total. The van der Waals surface area contributed by atoms with Crippen molar-refractivity contribution < 1.29 is 13.9 Å². The molecule has 1 fully saturated rings. The van der Waals surface area contributed by atoms with Crippen LogP contribution in [0.5, 0.6) is 0 Å². The van der Waals surface area contributed by atoms with Crippen molar-refractivity contribution >= 4 is 35.8 Å². The van der Waals surface area contributed by atoms with Crippen molar-refractivity contribution in [3.63, 3.8) is 0 Å². The number of amides is 1. The number of nitrogens with zero attached hydrogens (tertiary/aromatic N) is 1. The fourth-order valence-electron chi connectivity index (χ4n) is 2.93. The number of furan rings is 1. The van der Waals surface area contributed by atoms with E-state index in [1.54, 1.807) is 12.1 Å². The lowest BCUT2D eigenvalue weighted by Gasteiger charge is -2.21. The molecule has 1 aromatic rings. The SMILES string of the molecule is CCNC(=NCCCOC1CCCCC1)NCCNC(=O)c1ccco1.I. The predicted molar refractivity (Wildman–Crippen MR) is 118 cm³/mol. The third-order valence-corrected chi connectivity index (χ3v) is 4.27. The molecule has 0 unspecified atom stereocenters. The molecule has 1 heterocycles. The molecular formula is C19H33IN4O3. The number of halogens is 1. The highest BCUT2D eigenvalue weighted by molar-refractivity contribution is 14.0. The van der Waals surface area contributed by atoms with Crippen molar-refractivity contribution in [2.75, 3.05) is 32.8 Å². The van der Waals surface area contributed by atoms with Gasteiger partial charge in [0.05, 0.1) is 12.4 Å². The minimum absolute atomic E-state index is 0. The molecule has 0 spiro atoms. The van der Waals surface area contributed by atoms with Crippen LogP contribution < -0.4 is 16.0 Å². The van der Waals surface area contributed by atoms with Gasteiger partial charge in [0.15, 0.2) is 11.7 Å². The minimum atomic E-state index is -0.210. The van der Waals surface area contributed by atoms with E-state index in [0.717, 1.165) is 32.1 Å². The van der Waals surface area contributed by atoms with E-state index in [1.165, 1.54) is 38.4 Å². The first-order chi connectivity index (χ1) is 12.8. The Hall–Kier alpha value is -1.29. The molecule has 27 heavy (non-hydrogen) atoms. The summed E-state index contributed by atoms with van der Waals surface area (Å²) in [6.07, 6.45) is 9.22. The molecule has 1 saturated carbocycles. The van der Waals surface area contributed by atoms with Crippen LogP contribution in [-0.2, 0) is 4.74 Å². The van der Waals surface area contributed by atoms with Gasteiger partial charge in [-0.15, -0.1) is 24.0 Å². The van der Waals surface area contributed by atoms with E-state index >= 15 is 0 Å².